The number of nitrogens with two attached hydrogens (primary N) is 1. The van der Waals surface area contributed by atoms with Gasteiger partial charge in [-0.05, 0) is 11.3 Å². The minimum atomic E-state index is -0.815. The summed E-state index contributed by atoms with van der Waals surface area (Å²) in [7, 11) is 0. The molecule has 0 aromatic rings. The molecule has 15 heavy (non-hydrogen) atoms. The first-order valence-electron chi connectivity index (χ1n) is 5.05. The van der Waals surface area contributed by atoms with E-state index < -0.39 is 11.9 Å². The number of amides is 3. The zero-order valence-corrected chi connectivity index (χ0v) is 9.89. The van der Waals surface area contributed by atoms with Crippen LogP contribution in [-0.4, -0.2) is 25.0 Å². The second-order valence-corrected chi connectivity index (χ2v) is 4.66. The van der Waals surface area contributed by atoms with Crippen LogP contribution in [0.5, 0.6) is 0 Å². The Morgan fingerprint density at radius 3 is 2.27 bits per heavy atom. The molecule has 0 spiro atoms. The fourth-order valence-corrected chi connectivity index (χ4v) is 0.884. The molecule has 0 aliphatic rings. The van der Waals surface area contributed by atoms with E-state index >= 15 is 0 Å². The average Bonchev–Trinajstić information content (AvgIpc) is 2.01. The van der Waals surface area contributed by atoms with Crippen molar-refractivity contribution in [1.82, 2.24) is 10.6 Å². The molecular weight excluding hydrogens is 194 g/mol. The molecule has 0 atom stereocenters. The molecule has 4 N–H and O–H groups in total. The number of nitrogens with one attached hydrogen (secondary N) is 2. The molecule has 0 heterocycles. The Bertz CT molecular complexity index is 237. The third-order valence-electron chi connectivity index (χ3n) is 2.69. The first kappa shape index (κ1) is 13.9. The van der Waals surface area contributed by atoms with Crippen LogP contribution in [0.15, 0.2) is 0 Å². The van der Waals surface area contributed by atoms with E-state index in [2.05, 4.69) is 33.0 Å². The second kappa shape index (κ2) is 5.70. The van der Waals surface area contributed by atoms with Crippen molar-refractivity contribution in [2.45, 2.75) is 27.7 Å². The number of hydrogen-bond acceptors (Lipinski definition) is 3. The van der Waals surface area contributed by atoms with Crippen LogP contribution in [-0.2, 0) is 4.79 Å². The van der Waals surface area contributed by atoms with Gasteiger partial charge in [0.2, 0.25) is 5.91 Å². The molecule has 5 heteroatoms. The molecule has 3 amide bonds. The van der Waals surface area contributed by atoms with Crippen molar-refractivity contribution < 1.29 is 9.59 Å². The highest BCUT2D eigenvalue weighted by Crippen LogP contribution is 2.24. The summed E-state index contributed by atoms with van der Waals surface area (Å²) in [5.41, 5.74) is 4.92. The molecule has 0 aliphatic heterocycles. The third kappa shape index (κ3) is 6.06. The summed E-state index contributed by atoms with van der Waals surface area (Å²) in [5, 5.41) is 4.99. The lowest BCUT2D eigenvalue weighted by Gasteiger charge is -2.29. The molecule has 0 unspecified atom stereocenters. The van der Waals surface area contributed by atoms with Gasteiger partial charge in [-0.3, -0.25) is 10.1 Å². The number of primary amides is 1. The Balaban J connectivity index is 3.79. The lowest BCUT2D eigenvalue weighted by molar-refractivity contribution is -0.119. The highest BCUT2D eigenvalue weighted by molar-refractivity contribution is 5.94. The van der Waals surface area contributed by atoms with E-state index in [1.807, 2.05) is 5.32 Å². The van der Waals surface area contributed by atoms with Gasteiger partial charge in [0.25, 0.3) is 0 Å². The van der Waals surface area contributed by atoms with Gasteiger partial charge >= 0.3 is 6.03 Å². The van der Waals surface area contributed by atoms with Crippen molar-refractivity contribution in [3.8, 4) is 0 Å². The van der Waals surface area contributed by atoms with Crippen LogP contribution in [0.3, 0.4) is 0 Å². The maximum atomic E-state index is 11.0. The van der Waals surface area contributed by atoms with Gasteiger partial charge in [-0.25, -0.2) is 4.79 Å². The molecule has 0 fully saturated rings. The van der Waals surface area contributed by atoms with Crippen molar-refractivity contribution >= 4 is 11.9 Å². The van der Waals surface area contributed by atoms with E-state index in [-0.39, 0.29) is 12.0 Å². The zero-order valence-electron chi connectivity index (χ0n) is 9.89. The number of carbonyl (C=O) groups is 2. The monoisotopic (exact) mass is 215 g/mol. The molecular formula is C10H21N3O2. The summed E-state index contributed by atoms with van der Waals surface area (Å²) in [6.45, 7) is 9.33. The molecule has 0 aromatic heterocycles. The summed E-state index contributed by atoms with van der Waals surface area (Å²) < 4.78 is 0. The van der Waals surface area contributed by atoms with Crippen LogP contribution in [0.1, 0.15) is 27.7 Å². The van der Waals surface area contributed by atoms with E-state index in [9.17, 15) is 9.59 Å². The van der Waals surface area contributed by atoms with Crippen molar-refractivity contribution in [1.29, 1.82) is 0 Å². The zero-order chi connectivity index (χ0) is 12.1. The number of urea groups is 1. The second-order valence-electron chi connectivity index (χ2n) is 4.66. The summed E-state index contributed by atoms with van der Waals surface area (Å²) >= 11 is 0. The first-order valence-corrected chi connectivity index (χ1v) is 5.05. The first-order chi connectivity index (χ1) is 6.75. The molecule has 88 valence electrons. The van der Waals surface area contributed by atoms with Crippen molar-refractivity contribution in [2.24, 2.45) is 17.1 Å². The van der Waals surface area contributed by atoms with Gasteiger partial charge in [0, 0.05) is 6.54 Å². The molecule has 0 saturated heterocycles. The smallest absolute Gasteiger partial charge is 0.318 e. The maximum Gasteiger partial charge on any atom is 0.318 e. The maximum absolute atomic E-state index is 11.0. The minimum Gasteiger partial charge on any atom is -0.351 e. The largest absolute Gasteiger partial charge is 0.351 e. The SMILES string of the molecule is CC(C)C(C)(C)CNCC(=O)NC(N)=O. The summed E-state index contributed by atoms with van der Waals surface area (Å²) in [6.07, 6.45) is 0. The Labute approximate surface area is 90.8 Å². The van der Waals surface area contributed by atoms with Crippen LogP contribution in [0.2, 0.25) is 0 Å². The normalized spacial score (nSPS) is 11.5. The van der Waals surface area contributed by atoms with Crippen molar-refractivity contribution in [3.05, 3.63) is 0 Å². The molecule has 0 bridgehead atoms. The highest BCUT2D eigenvalue weighted by Gasteiger charge is 2.21. The number of hydrogen-bond donors (Lipinski definition) is 3. The molecule has 0 rings (SSSR count). The lowest BCUT2D eigenvalue weighted by atomic mass is 9.81. The summed E-state index contributed by atoms with van der Waals surface area (Å²) in [4.78, 5) is 21.4. The molecule has 0 radical (unpaired) electrons. The number of carbonyl (C=O) groups excluding carboxylic acids is 2. The standard InChI is InChI=1S/C10H21N3O2/c1-7(2)10(3,4)6-12-5-8(14)13-9(11)15/h7,12H,5-6H2,1-4H3,(H3,11,13,14,15). The van der Waals surface area contributed by atoms with Crippen LogP contribution in [0.4, 0.5) is 4.79 Å². The van der Waals surface area contributed by atoms with E-state index in [1.165, 1.54) is 0 Å². The quantitative estimate of drug-likeness (QED) is 0.622. The number of rotatable bonds is 5. The fourth-order valence-electron chi connectivity index (χ4n) is 0.884. The summed E-state index contributed by atoms with van der Waals surface area (Å²) in [5.74, 6) is 0.117. The minimum absolute atomic E-state index is 0.110. The van der Waals surface area contributed by atoms with Gasteiger partial charge in [0.1, 0.15) is 0 Å². The topological polar surface area (TPSA) is 84.2 Å². The lowest BCUT2D eigenvalue weighted by Crippen LogP contribution is -2.43. The van der Waals surface area contributed by atoms with E-state index in [1.54, 1.807) is 0 Å². The van der Waals surface area contributed by atoms with Gasteiger partial charge in [0.05, 0.1) is 6.54 Å². The third-order valence-corrected chi connectivity index (χ3v) is 2.69. The predicted molar refractivity (Wildman–Crippen MR) is 59.2 cm³/mol. The van der Waals surface area contributed by atoms with Gasteiger partial charge in [-0.15, -0.1) is 0 Å². The Morgan fingerprint density at radius 2 is 1.87 bits per heavy atom. The van der Waals surface area contributed by atoms with Crippen molar-refractivity contribution in [2.75, 3.05) is 13.1 Å². The Hall–Kier alpha value is -1.10. The van der Waals surface area contributed by atoms with Crippen LogP contribution >= 0.6 is 0 Å². The van der Waals surface area contributed by atoms with Gasteiger partial charge in [0.15, 0.2) is 0 Å². The van der Waals surface area contributed by atoms with Gasteiger partial charge in [-0.1, -0.05) is 27.7 Å². The molecule has 0 saturated carbocycles. The van der Waals surface area contributed by atoms with Gasteiger partial charge in [-0.2, -0.15) is 0 Å². The van der Waals surface area contributed by atoms with Crippen molar-refractivity contribution in [3.63, 3.8) is 0 Å². The Kier molecular flexibility index (Phi) is 5.28. The molecule has 0 aliphatic carbocycles. The molecule has 0 aromatic carbocycles. The van der Waals surface area contributed by atoms with E-state index in [0.717, 1.165) is 6.54 Å². The highest BCUT2D eigenvalue weighted by atomic mass is 16.2. The van der Waals surface area contributed by atoms with Crippen LogP contribution in [0, 0.1) is 11.3 Å². The van der Waals surface area contributed by atoms with Crippen LogP contribution < -0.4 is 16.4 Å². The van der Waals surface area contributed by atoms with Gasteiger partial charge < -0.3 is 11.1 Å². The number of imide groups is 1. The van der Waals surface area contributed by atoms with E-state index in [0.29, 0.717) is 5.92 Å². The Morgan fingerprint density at radius 1 is 1.33 bits per heavy atom. The predicted octanol–water partition coefficient (Wildman–Crippen LogP) is 0.453. The van der Waals surface area contributed by atoms with Crippen LogP contribution in [0.25, 0.3) is 0 Å². The summed E-state index contributed by atoms with van der Waals surface area (Å²) in [6, 6.07) is -0.815. The fraction of sp³-hybridized carbons (Fsp3) is 0.800. The average molecular weight is 215 g/mol. The molecule has 5 nitrogen and oxygen atoms in total. The van der Waals surface area contributed by atoms with E-state index in [4.69, 9.17) is 5.73 Å².